The van der Waals surface area contributed by atoms with Gasteiger partial charge in [-0.1, -0.05) is 6.07 Å². The molecule has 1 aromatic carbocycles. The van der Waals surface area contributed by atoms with E-state index < -0.39 is 18.2 Å². The number of alkyl halides is 2. The summed E-state index contributed by atoms with van der Waals surface area (Å²) >= 11 is 0. The van der Waals surface area contributed by atoms with Crippen LogP contribution in [0, 0.1) is 5.82 Å². The number of rotatable bonds is 4. The molecule has 0 aliphatic carbocycles. The Morgan fingerprint density at radius 1 is 1.21 bits per heavy atom. The lowest BCUT2D eigenvalue weighted by Crippen LogP contribution is -2.08. The molecular weight excluding hydrogens is 259 g/mol. The first-order valence-corrected chi connectivity index (χ1v) is 5.28. The number of hydrogen-bond acceptors (Lipinski definition) is 3. The van der Waals surface area contributed by atoms with E-state index in [1.165, 1.54) is 12.3 Å². The summed E-state index contributed by atoms with van der Waals surface area (Å²) in [5.74, 6) is -1.80. The maximum absolute atomic E-state index is 13.6. The van der Waals surface area contributed by atoms with Gasteiger partial charge in [-0.15, -0.1) is 0 Å². The SMILES string of the molecule is O=C(c1ccccn1)c1cc(OC(F)F)ccc1F. The lowest BCUT2D eigenvalue weighted by molar-refractivity contribution is -0.0499. The Morgan fingerprint density at radius 2 is 2.00 bits per heavy atom. The summed E-state index contributed by atoms with van der Waals surface area (Å²) in [7, 11) is 0. The van der Waals surface area contributed by atoms with Gasteiger partial charge in [-0.05, 0) is 30.3 Å². The molecule has 2 aromatic rings. The molecule has 0 unspecified atom stereocenters. The van der Waals surface area contributed by atoms with Crippen LogP contribution in [0.15, 0.2) is 42.6 Å². The van der Waals surface area contributed by atoms with Crippen LogP contribution >= 0.6 is 0 Å². The van der Waals surface area contributed by atoms with Gasteiger partial charge in [0.25, 0.3) is 0 Å². The largest absolute Gasteiger partial charge is 0.435 e. The zero-order valence-electron chi connectivity index (χ0n) is 9.52. The highest BCUT2D eigenvalue weighted by molar-refractivity contribution is 6.08. The van der Waals surface area contributed by atoms with E-state index in [1.807, 2.05) is 0 Å². The normalized spacial score (nSPS) is 10.5. The smallest absolute Gasteiger partial charge is 0.387 e. The van der Waals surface area contributed by atoms with E-state index in [0.29, 0.717) is 0 Å². The van der Waals surface area contributed by atoms with Crippen molar-refractivity contribution < 1.29 is 22.7 Å². The fourth-order valence-electron chi connectivity index (χ4n) is 1.49. The molecular formula is C13H8F3NO2. The second-order valence-electron chi connectivity index (χ2n) is 3.56. The fraction of sp³-hybridized carbons (Fsp3) is 0.0769. The van der Waals surface area contributed by atoms with Gasteiger partial charge in [-0.2, -0.15) is 8.78 Å². The number of benzene rings is 1. The molecule has 0 fully saturated rings. The van der Waals surface area contributed by atoms with Gasteiger partial charge in [-0.3, -0.25) is 9.78 Å². The van der Waals surface area contributed by atoms with Gasteiger partial charge < -0.3 is 4.74 Å². The number of carbonyl (C=O) groups excluding carboxylic acids is 1. The Balaban J connectivity index is 2.36. The van der Waals surface area contributed by atoms with E-state index in [4.69, 9.17) is 0 Å². The summed E-state index contributed by atoms with van der Waals surface area (Å²) in [6, 6.07) is 7.42. The highest BCUT2D eigenvalue weighted by Crippen LogP contribution is 2.20. The van der Waals surface area contributed by atoms with Crippen molar-refractivity contribution in [3.05, 3.63) is 59.7 Å². The fourth-order valence-corrected chi connectivity index (χ4v) is 1.49. The summed E-state index contributed by atoms with van der Waals surface area (Å²) in [6.45, 7) is -3.04. The maximum Gasteiger partial charge on any atom is 0.387 e. The first kappa shape index (κ1) is 13.1. The second-order valence-corrected chi connectivity index (χ2v) is 3.56. The average Bonchev–Trinajstić information content (AvgIpc) is 2.40. The van der Waals surface area contributed by atoms with Crippen molar-refractivity contribution >= 4 is 5.78 Å². The number of pyridine rings is 1. The van der Waals surface area contributed by atoms with E-state index in [1.54, 1.807) is 12.1 Å². The highest BCUT2D eigenvalue weighted by atomic mass is 19.3. The predicted octanol–water partition coefficient (Wildman–Crippen LogP) is 3.05. The Hall–Kier alpha value is -2.37. The summed E-state index contributed by atoms with van der Waals surface area (Å²) in [6.07, 6.45) is 1.38. The van der Waals surface area contributed by atoms with Crippen LogP contribution in [0.2, 0.25) is 0 Å². The Labute approximate surface area is 106 Å². The van der Waals surface area contributed by atoms with Crippen LogP contribution in [0.25, 0.3) is 0 Å². The monoisotopic (exact) mass is 267 g/mol. The van der Waals surface area contributed by atoms with Crippen molar-refractivity contribution in [3.63, 3.8) is 0 Å². The molecule has 0 radical (unpaired) electrons. The third kappa shape index (κ3) is 3.09. The number of halogens is 3. The Bertz CT molecular complexity index is 588. The van der Waals surface area contributed by atoms with Gasteiger partial charge in [0.1, 0.15) is 17.3 Å². The standard InChI is InChI=1S/C13H8F3NO2/c14-10-5-4-8(19-13(15)16)7-9(10)12(18)11-3-1-2-6-17-11/h1-7,13H. The summed E-state index contributed by atoms with van der Waals surface area (Å²) in [5.41, 5.74) is -0.340. The molecule has 3 nitrogen and oxygen atoms in total. The van der Waals surface area contributed by atoms with Gasteiger partial charge in [0.2, 0.25) is 5.78 Å². The lowest BCUT2D eigenvalue weighted by Gasteiger charge is -2.07. The molecule has 0 spiro atoms. The van der Waals surface area contributed by atoms with E-state index in [9.17, 15) is 18.0 Å². The number of nitrogens with zero attached hydrogens (tertiary/aromatic N) is 1. The van der Waals surface area contributed by atoms with Crippen molar-refractivity contribution in [1.82, 2.24) is 4.98 Å². The first-order chi connectivity index (χ1) is 9.08. The van der Waals surface area contributed by atoms with Crippen molar-refractivity contribution in [2.45, 2.75) is 6.61 Å². The molecule has 0 saturated carbocycles. The number of aromatic nitrogens is 1. The third-order valence-corrected chi connectivity index (χ3v) is 2.31. The Morgan fingerprint density at radius 3 is 2.63 bits per heavy atom. The zero-order chi connectivity index (χ0) is 13.8. The quantitative estimate of drug-likeness (QED) is 0.799. The molecule has 6 heteroatoms. The van der Waals surface area contributed by atoms with Crippen LogP contribution in [-0.2, 0) is 0 Å². The van der Waals surface area contributed by atoms with Crippen LogP contribution in [0.1, 0.15) is 16.1 Å². The van der Waals surface area contributed by atoms with Crippen molar-refractivity contribution in [1.29, 1.82) is 0 Å². The average molecular weight is 267 g/mol. The third-order valence-electron chi connectivity index (χ3n) is 2.31. The minimum absolute atomic E-state index is 0.0237. The molecule has 0 N–H and O–H groups in total. The number of ketones is 1. The highest BCUT2D eigenvalue weighted by Gasteiger charge is 2.17. The summed E-state index contributed by atoms with van der Waals surface area (Å²) in [4.78, 5) is 15.7. The molecule has 0 aliphatic rings. The van der Waals surface area contributed by atoms with E-state index >= 15 is 0 Å². The molecule has 0 atom stereocenters. The molecule has 0 aliphatic heterocycles. The van der Waals surface area contributed by atoms with E-state index in [2.05, 4.69) is 9.72 Å². The molecule has 0 amide bonds. The lowest BCUT2D eigenvalue weighted by atomic mass is 10.1. The minimum Gasteiger partial charge on any atom is -0.435 e. The zero-order valence-corrected chi connectivity index (χ0v) is 9.52. The first-order valence-electron chi connectivity index (χ1n) is 5.28. The van der Waals surface area contributed by atoms with Crippen LogP contribution in [0.3, 0.4) is 0 Å². The summed E-state index contributed by atoms with van der Waals surface area (Å²) < 4.78 is 41.8. The van der Waals surface area contributed by atoms with Gasteiger partial charge >= 0.3 is 6.61 Å². The number of carbonyl (C=O) groups is 1. The van der Waals surface area contributed by atoms with Crippen LogP contribution in [-0.4, -0.2) is 17.4 Å². The van der Waals surface area contributed by atoms with Crippen LogP contribution in [0.4, 0.5) is 13.2 Å². The summed E-state index contributed by atoms with van der Waals surface area (Å²) in [5, 5.41) is 0. The molecule has 1 heterocycles. The van der Waals surface area contributed by atoms with Gasteiger partial charge in [-0.25, -0.2) is 4.39 Å². The molecule has 0 saturated heterocycles. The Kier molecular flexibility index (Phi) is 3.79. The van der Waals surface area contributed by atoms with Crippen LogP contribution < -0.4 is 4.74 Å². The van der Waals surface area contributed by atoms with Gasteiger partial charge in [0, 0.05) is 6.20 Å². The van der Waals surface area contributed by atoms with Crippen molar-refractivity contribution in [2.75, 3.05) is 0 Å². The molecule has 2 rings (SSSR count). The van der Waals surface area contributed by atoms with Gasteiger partial charge in [0.15, 0.2) is 0 Å². The number of ether oxygens (including phenoxy) is 1. The second kappa shape index (κ2) is 5.51. The van der Waals surface area contributed by atoms with Crippen molar-refractivity contribution in [3.8, 4) is 5.75 Å². The molecule has 19 heavy (non-hydrogen) atoms. The van der Waals surface area contributed by atoms with E-state index in [-0.39, 0.29) is 17.0 Å². The van der Waals surface area contributed by atoms with Crippen LogP contribution in [0.5, 0.6) is 5.75 Å². The molecule has 98 valence electrons. The molecule has 0 bridgehead atoms. The van der Waals surface area contributed by atoms with E-state index in [0.717, 1.165) is 18.2 Å². The maximum atomic E-state index is 13.6. The minimum atomic E-state index is -3.04. The number of hydrogen-bond donors (Lipinski definition) is 0. The van der Waals surface area contributed by atoms with Crippen molar-refractivity contribution in [2.24, 2.45) is 0 Å². The van der Waals surface area contributed by atoms with Gasteiger partial charge in [0.05, 0.1) is 5.56 Å². The topological polar surface area (TPSA) is 39.2 Å². The predicted molar refractivity (Wildman–Crippen MR) is 60.7 cm³/mol. The molecule has 1 aromatic heterocycles.